The number of nitrogens with one attached hydrogen (secondary N) is 1. The molecule has 0 unspecified atom stereocenters. The van der Waals surface area contributed by atoms with Crippen LogP contribution in [0.1, 0.15) is 19.8 Å². The smallest absolute Gasteiger partial charge is 0.0594 e. The monoisotopic (exact) mass is 186 g/mol. The van der Waals surface area contributed by atoms with Crippen molar-refractivity contribution in [2.24, 2.45) is 0 Å². The lowest BCUT2D eigenvalue weighted by Crippen LogP contribution is -2.40. The molecule has 1 saturated heterocycles. The fourth-order valence-electron chi connectivity index (χ4n) is 1.49. The van der Waals surface area contributed by atoms with Gasteiger partial charge in [0, 0.05) is 26.2 Å². The maximum atomic E-state index is 5.28. The third-order valence-electron chi connectivity index (χ3n) is 2.42. The van der Waals surface area contributed by atoms with Crippen molar-refractivity contribution in [1.29, 1.82) is 0 Å². The number of nitrogens with zero attached hydrogens (tertiary/aromatic N) is 1. The van der Waals surface area contributed by atoms with Crippen LogP contribution in [0, 0.1) is 0 Å². The van der Waals surface area contributed by atoms with Gasteiger partial charge in [-0.25, -0.2) is 0 Å². The Morgan fingerprint density at radius 2 is 2.00 bits per heavy atom. The molecule has 1 N–H and O–H groups in total. The molecule has 3 heteroatoms. The third kappa shape index (κ3) is 5.24. The van der Waals surface area contributed by atoms with E-state index in [0.717, 1.165) is 32.8 Å². The van der Waals surface area contributed by atoms with E-state index in [-0.39, 0.29) is 0 Å². The molecule has 1 heterocycles. The van der Waals surface area contributed by atoms with E-state index in [1.165, 1.54) is 25.9 Å². The minimum atomic E-state index is 0.912. The number of unbranched alkanes of at least 4 members (excludes halogenated alkanes) is 1. The average Bonchev–Trinajstić information content (AvgIpc) is 2.19. The molecule has 0 amide bonds. The molecule has 3 nitrogen and oxygen atoms in total. The summed E-state index contributed by atoms with van der Waals surface area (Å²) in [6.45, 7) is 9.73. The molecule has 0 bridgehead atoms. The Morgan fingerprint density at radius 3 is 2.69 bits per heavy atom. The predicted octanol–water partition coefficient (Wildman–Crippen LogP) is 0.708. The molecule has 1 rings (SSSR count). The van der Waals surface area contributed by atoms with Gasteiger partial charge in [-0.3, -0.25) is 4.90 Å². The first-order chi connectivity index (χ1) is 6.43. The van der Waals surface area contributed by atoms with Crippen LogP contribution in [-0.2, 0) is 4.74 Å². The summed E-state index contributed by atoms with van der Waals surface area (Å²) < 4.78 is 5.28. The first-order valence-electron chi connectivity index (χ1n) is 5.44. The van der Waals surface area contributed by atoms with Crippen LogP contribution in [0.2, 0.25) is 0 Å². The van der Waals surface area contributed by atoms with Gasteiger partial charge in [0.2, 0.25) is 0 Å². The van der Waals surface area contributed by atoms with Crippen LogP contribution in [0.25, 0.3) is 0 Å². The Bertz CT molecular complexity index is 113. The van der Waals surface area contributed by atoms with Gasteiger partial charge in [-0.1, -0.05) is 13.3 Å². The number of hydrogen-bond acceptors (Lipinski definition) is 3. The highest BCUT2D eigenvalue weighted by molar-refractivity contribution is 4.62. The summed E-state index contributed by atoms with van der Waals surface area (Å²) in [5.74, 6) is 0. The summed E-state index contributed by atoms with van der Waals surface area (Å²) in [6.07, 6.45) is 2.58. The molecule has 1 aliphatic rings. The van der Waals surface area contributed by atoms with Crippen LogP contribution in [-0.4, -0.2) is 50.8 Å². The van der Waals surface area contributed by atoms with Crippen molar-refractivity contribution in [2.45, 2.75) is 19.8 Å². The van der Waals surface area contributed by atoms with Crippen molar-refractivity contribution in [3.8, 4) is 0 Å². The van der Waals surface area contributed by atoms with Gasteiger partial charge in [-0.2, -0.15) is 0 Å². The lowest BCUT2D eigenvalue weighted by Gasteiger charge is -2.26. The van der Waals surface area contributed by atoms with E-state index >= 15 is 0 Å². The predicted molar refractivity (Wildman–Crippen MR) is 55.0 cm³/mol. The van der Waals surface area contributed by atoms with E-state index < -0.39 is 0 Å². The number of rotatable bonds is 6. The maximum absolute atomic E-state index is 5.28. The Hall–Kier alpha value is -0.120. The standard InChI is InChI=1S/C10H22N2O/c1-2-3-4-11-5-6-12-7-9-13-10-8-12/h11H,2-10H2,1H3. The van der Waals surface area contributed by atoms with Crippen LogP contribution in [0.4, 0.5) is 0 Å². The van der Waals surface area contributed by atoms with Crippen LogP contribution < -0.4 is 5.32 Å². The summed E-state index contributed by atoms with van der Waals surface area (Å²) >= 11 is 0. The second kappa shape index (κ2) is 7.30. The van der Waals surface area contributed by atoms with E-state index in [1.54, 1.807) is 0 Å². The molecule has 0 aromatic carbocycles. The maximum Gasteiger partial charge on any atom is 0.0594 e. The molecule has 1 fully saturated rings. The van der Waals surface area contributed by atoms with E-state index in [4.69, 9.17) is 4.74 Å². The van der Waals surface area contributed by atoms with Crippen molar-refractivity contribution in [1.82, 2.24) is 10.2 Å². The SMILES string of the molecule is CCCCNCCN1CCOCC1. The van der Waals surface area contributed by atoms with Crippen molar-refractivity contribution in [3.63, 3.8) is 0 Å². The van der Waals surface area contributed by atoms with Gasteiger partial charge >= 0.3 is 0 Å². The van der Waals surface area contributed by atoms with E-state index in [2.05, 4.69) is 17.1 Å². The largest absolute Gasteiger partial charge is 0.379 e. The molecular formula is C10H22N2O. The first kappa shape index (κ1) is 11.0. The minimum absolute atomic E-state index is 0.912. The van der Waals surface area contributed by atoms with E-state index in [0.29, 0.717) is 0 Å². The van der Waals surface area contributed by atoms with Crippen molar-refractivity contribution >= 4 is 0 Å². The van der Waals surface area contributed by atoms with Crippen LogP contribution in [0.3, 0.4) is 0 Å². The normalized spacial score (nSPS) is 19.2. The lowest BCUT2D eigenvalue weighted by molar-refractivity contribution is 0.0384. The molecule has 0 radical (unpaired) electrons. The Labute approximate surface area is 81.4 Å². The van der Waals surface area contributed by atoms with Crippen molar-refractivity contribution < 1.29 is 4.74 Å². The highest BCUT2D eigenvalue weighted by Crippen LogP contribution is 1.94. The van der Waals surface area contributed by atoms with Gasteiger partial charge in [-0.05, 0) is 13.0 Å². The molecular weight excluding hydrogens is 164 g/mol. The Balaban J connectivity index is 1.86. The second-order valence-corrected chi connectivity index (χ2v) is 3.56. The van der Waals surface area contributed by atoms with E-state index in [9.17, 15) is 0 Å². The molecule has 1 aliphatic heterocycles. The molecule has 0 aromatic heterocycles. The molecule has 0 aromatic rings. The van der Waals surface area contributed by atoms with Crippen molar-refractivity contribution in [2.75, 3.05) is 45.9 Å². The summed E-state index contributed by atoms with van der Waals surface area (Å²) in [7, 11) is 0. The van der Waals surface area contributed by atoms with Crippen LogP contribution in [0.15, 0.2) is 0 Å². The van der Waals surface area contributed by atoms with Crippen molar-refractivity contribution in [3.05, 3.63) is 0 Å². The number of hydrogen-bond donors (Lipinski definition) is 1. The van der Waals surface area contributed by atoms with E-state index in [1.807, 2.05) is 0 Å². The molecule has 78 valence electrons. The van der Waals surface area contributed by atoms with Gasteiger partial charge < -0.3 is 10.1 Å². The van der Waals surface area contributed by atoms with Gasteiger partial charge in [0.05, 0.1) is 13.2 Å². The van der Waals surface area contributed by atoms with Crippen LogP contribution in [0.5, 0.6) is 0 Å². The topological polar surface area (TPSA) is 24.5 Å². The minimum Gasteiger partial charge on any atom is -0.379 e. The molecule has 13 heavy (non-hydrogen) atoms. The highest BCUT2D eigenvalue weighted by Gasteiger charge is 2.08. The number of ether oxygens (including phenoxy) is 1. The summed E-state index contributed by atoms with van der Waals surface area (Å²) in [4.78, 5) is 2.46. The molecule has 0 spiro atoms. The molecule has 0 atom stereocenters. The summed E-state index contributed by atoms with van der Waals surface area (Å²) in [5.41, 5.74) is 0. The zero-order chi connectivity index (χ0) is 9.36. The third-order valence-corrected chi connectivity index (χ3v) is 2.42. The quantitative estimate of drug-likeness (QED) is 0.618. The summed E-state index contributed by atoms with van der Waals surface area (Å²) in [5, 5.41) is 3.45. The van der Waals surface area contributed by atoms with Gasteiger partial charge in [-0.15, -0.1) is 0 Å². The molecule has 0 aliphatic carbocycles. The molecule has 0 saturated carbocycles. The zero-order valence-electron chi connectivity index (χ0n) is 8.72. The highest BCUT2D eigenvalue weighted by atomic mass is 16.5. The van der Waals surface area contributed by atoms with Gasteiger partial charge in [0.1, 0.15) is 0 Å². The fourth-order valence-corrected chi connectivity index (χ4v) is 1.49. The Kier molecular flexibility index (Phi) is 6.15. The van der Waals surface area contributed by atoms with Crippen LogP contribution >= 0.6 is 0 Å². The van der Waals surface area contributed by atoms with Gasteiger partial charge in [0.25, 0.3) is 0 Å². The Morgan fingerprint density at radius 1 is 1.23 bits per heavy atom. The zero-order valence-corrected chi connectivity index (χ0v) is 8.72. The average molecular weight is 186 g/mol. The lowest BCUT2D eigenvalue weighted by atomic mass is 10.3. The van der Waals surface area contributed by atoms with Gasteiger partial charge in [0.15, 0.2) is 0 Å². The second-order valence-electron chi connectivity index (χ2n) is 3.56. The fraction of sp³-hybridized carbons (Fsp3) is 1.00. The summed E-state index contributed by atoms with van der Waals surface area (Å²) in [6, 6.07) is 0. The number of morpholine rings is 1. The first-order valence-corrected chi connectivity index (χ1v) is 5.44.